The van der Waals surface area contributed by atoms with Crippen LogP contribution >= 0.6 is 0 Å². The zero-order valence-corrected chi connectivity index (χ0v) is 15.4. The van der Waals surface area contributed by atoms with E-state index in [1.807, 2.05) is 61.5 Å². The van der Waals surface area contributed by atoms with E-state index in [0.717, 1.165) is 16.8 Å². The van der Waals surface area contributed by atoms with E-state index in [-0.39, 0.29) is 5.91 Å². The maximum Gasteiger partial charge on any atom is 0.274 e. The van der Waals surface area contributed by atoms with Crippen molar-refractivity contribution in [3.8, 4) is 11.4 Å². The molecule has 1 aromatic heterocycles. The molecule has 1 heterocycles. The Morgan fingerprint density at radius 3 is 2.52 bits per heavy atom. The second kappa shape index (κ2) is 8.91. The van der Waals surface area contributed by atoms with Crippen molar-refractivity contribution in [2.45, 2.75) is 6.92 Å². The van der Waals surface area contributed by atoms with Crippen LogP contribution in [0.3, 0.4) is 0 Å². The minimum Gasteiger partial charge on any atom is -0.383 e. The van der Waals surface area contributed by atoms with Crippen molar-refractivity contribution in [1.82, 2.24) is 9.97 Å². The number of amides is 1. The first kappa shape index (κ1) is 18.5. The maximum atomic E-state index is 12.8. The van der Waals surface area contributed by atoms with Gasteiger partial charge in [0.2, 0.25) is 0 Å². The number of methoxy groups -OCH3 is 1. The number of carbonyl (C=O) groups is 1. The van der Waals surface area contributed by atoms with Crippen LogP contribution in [0.25, 0.3) is 11.4 Å². The monoisotopic (exact) mass is 362 g/mol. The van der Waals surface area contributed by atoms with Crippen LogP contribution in [-0.4, -0.2) is 36.1 Å². The molecule has 6 heteroatoms. The molecule has 1 amide bonds. The standard InChI is InChI=1S/C21H22N4O2/c1-15-8-6-7-11-17(15)24-21(26)18-14-19(22-12-13-27-2)25-20(23-18)16-9-4-3-5-10-16/h3-11,14H,12-13H2,1-2H3,(H,24,26)(H,22,23,25). The zero-order chi connectivity index (χ0) is 19.1. The van der Waals surface area contributed by atoms with Gasteiger partial charge in [-0.1, -0.05) is 48.5 Å². The highest BCUT2D eigenvalue weighted by Crippen LogP contribution is 2.19. The molecule has 138 valence electrons. The smallest absolute Gasteiger partial charge is 0.274 e. The number of anilines is 2. The van der Waals surface area contributed by atoms with E-state index in [2.05, 4.69) is 20.6 Å². The van der Waals surface area contributed by atoms with Crippen LogP contribution in [0.1, 0.15) is 16.1 Å². The van der Waals surface area contributed by atoms with Gasteiger partial charge in [-0.15, -0.1) is 0 Å². The van der Waals surface area contributed by atoms with Gasteiger partial charge < -0.3 is 15.4 Å². The molecule has 0 saturated heterocycles. The molecule has 2 N–H and O–H groups in total. The molecular formula is C21H22N4O2. The molecule has 0 atom stereocenters. The molecule has 3 rings (SSSR count). The largest absolute Gasteiger partial charge is 0.383 e. The SMILES string of the molecule is COCCNc1cc(C(=O)Nc2ccccc2C)nc(-c2ccccc2)n1. The second-order valence-electron chi connectivity index (χ2n) is 6.02. The highest BCUT2D eigenvalue weighted by Gasteiger charge is 2.14. The number of aromatic nitrogens is 2. The van der Waals surface area contributed by atoms with Crippen molar-refractivity contribution in [2.75, 3.05) is 30.9 Å². The molecule has 0 spiro atoms. The number of carbonyl (C=O) groups excluding carboxylic acids is 1. The van der Waals surface area contributed by atoms with Crippen LogP contribution in [0.4, 0.5) is 11.5 Å². The topological polar surface area (TPSA) is 76.1 Å². The third-order valence-corrected chi connectivity index (χ3v) is 4.00. The summed E-state index contributed by atoms with van der Waals surface area (Å²) in [5, 5.41) is 6.09. The van der Waals surface area contributed by atoms with Gasteiger partial charge in [-0.2, -0.15) is 0 Å². The Morgan fingerprint density at radius 1 is 1.04 bits per heavy atom. The summed E-state index contributed by atoms with van der Waals surface area (Å²) in [4.78, 5) is 21.8. The molecule has 2 aromatic carbocycles. The number of para-hydroxylation sites is 1. The first-order valence-corrected chi connectivity index (χ1v) is 8.71. The summed E-state index contributed by atoms with van der Waals surface area (Å²) in [6.07, 6.45) is 0. The van der Waals surface area contributed by atoms with E-state index in [1.165, 1.54) is 0 Å². The van der Waals surface area contributed by atoms with Crippen molar-refractivity contribution < 1.29 is 9.53 Å². The van der Waals surface area contributed by atoms with Gasteiger partial charge in [0.05, 0.1) is 6.61 Å². The minimum atomic E-state index is -0.279. The Labute approximate surface area is 158 Å². The lowest BCUT2D eigenvalue weighted by molar-refractivity contribution is 0.102. The fourth-order valence-corrected chi connectivity index (χ4v) is 2.55. The Hall–Kier alpha value is -3.25. The van der Waals surface area contributed by atoms with Crippen molar-refractivity contribution in [3.05, 3.63) is 71.9 Å². The van der Waals surface area contributed by atoms with Gasteiger partial charge in [-0.25, -0.2) is 9.97 Å². The highest BCUT2D eigenvalue weighted by atomic mass is 16.5. The minimum absolute atomic E-state index is 0.279. The van der Waals surface area contributed by atoms with Gasteiger partial charge >= 0.3 is 0 Å². The number of ether oxygens (including phenoxy) is 1. The number of aryl methyl sites for hydroxylation is 1. The van der Waals surface area contributed by atoms with Gasteiger partial charge in [-0.05, 0) is 18.6 Å². The fourth-order valence-electron chi connectivity index (χ4n) is 2.55. The zero-order valence-electron chi connectivity index (χ0n) is 15.4. The number of hydrogen-bond acceptors (Lipinski definition) is 5. The Bertz CT molecular complexity index is 913. The lowest BCUT2D eigenvalue weighted by Gasteiger charge is -2.11. The molecule has 0 fully saturated rings. The Kier molecular flexibility index (Phi) is 6.12. The average Bonchev–Trinajstić information content (AvgIpc) is 2.70. The van der Waals surface area contributed by atoms with E-state index >= 15 is 0 Å². The molecule has 0 bridgehead atoms. The molecule has 0 unspecified atom stereocenters. The highest BCUT2D eigenvalue weighted by molar-refractivity contribution is 6.03. The summed E-state index contributed by atoms with van der Waals surface area (Å²) >= 11 is 0. The van der Waals surface area contributed by atoms with E-state index < -0.39 is 0 Å². The van der Waals surface area contributed by atoms with Crippen LogP contribution in [0.5, 0.6) is 0 Å². The van der Waals surface area contributed by atoms with E-state index in [1.54, 1.807) is 13.2 Å². The number of hydrogen-bond donors (Lipinski definition) is 2. The Morgan fingerprint density at radius 2 is 1.78 bits per heavy atom. The van der Waals surface area contributed by atoms with Gasteiger partial charge in [-0.3, -0.25) is 4.79 Å². The number of nitrogens with zero attached hydrogens (tertiary/aromatic N) is 2. The maximum absolute atomic E-state index is 12.8. The molecule has 0 saturated carbocycles. The molecule has 0 radical (unpaired) electrons. The van der Waals surface area contributed by atoms with E-state index in [0.29, 0.717) is 30.5 Å². The number of rotatable bonds is 7. The summed E-state index contributed by atoms with van der Waals surface area (Å²) in [6.45, 7) is 3.07. The molecule has 27 heavy (non-hydrogen) atoms. The molecule has 6 nitrogen and oxygen atoms in total. The fraction of sp³-hybridized carbons (Fsp3) is 0.190. The summed E-state index contributed by atoms with van der Waals surface area (Å²) in [7, 11) is 1.64. The van der Waals surface area contributed by atoms with Crippen molar-refractivity contribution in [2.24, 2.45) is 0 Å². The Balaban J connectivity index is 1.91. The van der Waals surface area contributed by atoms with Crippen LogP contribution < -0.4 is 10.6 Å². The van der Waals surface area contributed by atoms with E-state index in [4.69, 9.17) is 4.74 Å². The predicted molar refractivity (Wildman–Crippen MR) is 107 cm³/mol. The molecular weight excluding hydrogens is 340 g/mol. The van der Waals surface area contributed by atoms with Gasteiger partial charge in [0.15, 0.2) is 5.82 Å². The first-order valence-electron chi connectivity index (χ1n) is 8.71. The van der Waals surface area contributed by atoms with Gasteiger partial charge in [0, 0.05) is 31.0 Å². The summed E-state index contributed by atoms with van der Waals surface area (Å²) < 4.78 is 5.06. The second-order valence-corrected chi connectivity index (χ2v) is 6.02. The predicted octanol–water partition coefficient (Wildman–Crippen LogP) is 3.76. The third kappa shape index (κ3) is 4.89. The summed E-state index contributed by atoms with van der Waals surface area (Å²) in [6, 6.07) is 18.9. The summed E-state index contributed by atoms with van der Waals surface area (Å²) in [5.74, 6) is 0.794. The van der Waals surface area contributed by atoms with Crippen LogP contribution in [-0.2, 0) is 4.74 Å². The quantitative estimate of drug-likeness (QED) is 0.626. The molecule has 0 aliphatic rings. The van der Waals surface area contributed by atoms with Crippen molar-refractivity contribution in [1.29, 1.82) is 0 Å². The van der Waals surface area contributed by atoms with Gasteiger partial charge in [0.25, 0.3) is 5.91 Å². The first-order chi connectivity index (χ1) is 13.2. The molecule has 0 aliphatic heterocycles. The normalized spacial score (nSPS) is 10.4. The summed E-state index contributed by atoms with van der Waals surface area (Å²) in [5.41, 5.74) is 2.89. The number of benzene rings is 2. The van der Waals surface area contributed by atoms with Crippen molar-refractivity contribution >= 4 is 17.4 Å². The lowest BCUT2D eigenvalue weighted by atomic mass is 10.2. The van der Waals surface area contributed by atoms with Gasteiger partial charge in [0.1, 0.15) is 11.5 Å². The van der Waals surface area contributed by atoms with Crippen molar-refractivity contribution in [3.63, 3.8) is 0 Å². The number of nitrogens with one attached hydrogen (secondary N) is 2. The van der Waals surface area contributed by atoms with Crippen LogP contribution in [0.2, 0.25) is 0 Å². The van der Waals surface area contributed by atoms with E-state index in [9.17, 15) is 4.79 Å². The molecule has 0 aliphatic carbocycles. The van der Waals surface area contributed by atoms with Crippen LogP contribution in [0.15, 0.2) is 60.7 Å². The third-order valence-electron chi connectivity index (χ3n) is 4.00. The lowest BCUT2D eigenvalue weighted by Crippen LogP contribution is -2.17. The average molecular weight is 362 g/mol. The van der Waals surface area contributed by atoms with Crippen LogP contribution in [0, 0.1) is 6.92 Å². The molecule has 3 aromatic rings.